The van der Waals surface area contributed by atoms with E-state index in [4.69, 9.17) is 11.6 Å². The van der Waals surface area contributed by atoms with Gasteiger partial charge in [0, 0.05) is 23.1 Å². The van der Waals surface area contributed by atoms with Crippen molar-refractivity contribution in [3.8, 4) is 0 Å². The van der Waals surface area contributed by atoms with Crippen molar-refractivity contribution in [1.29, 1.82) is 0 Å². The van der Waals surface area contributed by atoms with E-state index in [0.717, 1.165) is 33.5 Å². The van der Waals surface area contributed by atoms with Gasteiger partial charge in [0.15, 0.2) is 0 Å². The number of hydrogen-bond acceptors (Lipinski definition) is 3. The first-order chi connectivity index (χ1) is 10.9. The molecule has 3 aromatic rings. The zero-order valence-corrected chi connectivity index (χ0v) is 15.2. The van der Waals surface area contributed by atoms with Crippen LogP contribution in [-0.4, -0.2) is 19.9 Å². The molecular formula is C16H17ClN2O2S2. The van der Waals surface area contributed by atoms with Crippen LogP contribution in [0, 0.1) is 13.8 Å². The van der Waals surface area contributed by atoms with E-state index in [1.807, 2.05) is 6.92 Å². The minimum Gasteiger partial charge on any atom is -0.358 e. The van der Waals surface area contributed by atoms with Gasteiger partial charge >= 0.3 is 0 Å². The summed E-state index contributed by atoms with van der Waals surface area (Å²) in [6, 6.07) is 9.36. The highest BCUT2D eigenvalue weighted by molar-refractivity contribution is 7.91. The van der Waals surface area contributed by atoms with Crippen molar-refractivity contribution in [3.63, 3.8) is 0 Å². The van der Waals surface area contributed by atoms with Gasteiger partial charge in [-0.25, -0.2) is 13.1 Å². The number of aromatic amines is 1. The molecule has 0 saturated carbocycles. The van der Waals surface area contributed by atoms with Crippen LogP contribution in [0.5, 0.6) is 0 Å². The molecule has 122 valence electrons. The first kappa shape index (κ1) is 16.5. The molecule has 2 heterocycles. The summed E-state index contributed by atoms with van der Waals surface area (Å²) in [4.78, 5) is 3.34. The number of halogens is 1. The number of aryl methyl sites for hydroxylation is 2. The number of H-pyrrole nitrogens is 1. The molecule has 3 rings (SSSR count). The molecule has 2 N–H and O–H groups in total. The monoisotopic (exact) mass is 368 g/mol. The van der Waals surface area contributed by atoms with Crippen LogP contribution < -0.4 is 4.72 Å². The SMILES string of the molecule is Cc1ccc2[nH]c(C)c(CCNS(=O)(=O)c3ccc(Cl)s3)c2c1. The van der Waals surface area contributed by atoms with E-state index in [1.54, 1.807) is 6.07 Å². The Morgan fingerprint density at radius 2 is 2.00 bits per heavy atom. The van der Waals surface area contributed by atoms with Crippen LogP contribution in [0.3, 0.4) is 0 Å². The Bertz CT molecular complexity index is 958. The van der Waals surface area contributed by atoms with Crippen LogP contribution in [0.25, 0.3) is 10.9 Å². The average Bonchev–Trinajstić information content (AvgIpc) is 3.04. The molecule has 4 nitrogen and oxygen atoms in total. The molecule has 0 amide bonds. The van der Waals surface area contributed by atoms with Crippen molar-refractivity contribution >= 4 is 43.9 Å². The van der Waals surface area contributed by atoms with Gasteiger partial charge in [0.1, 0.15) is 4.21 Å². The third-order valence-electron chi connectivity index (χ3n) is 3.76. The molecule has 1 aromatic carbocycles. The van der Waals surface area contributed by atoms with Crippen LogP contribution in [0.15, 0.2) is 34.5 Å². The molecule has 0 radical (unpaired) electrons. The van der Waals surface area contributed by atoms with E-state index < -0.39 is 10.0 Å². The van der Waals surface area contributed by atoms with Crippen molar-refractivity contribution in [2.75, 3.05) is 6.54 Å². The van der Waals surface area contributed by atoms with Gasteiger partial charge in [-0.2, -0.15) is 0 Å². The first-order valence-corrected chi connectivity index (χ1v) is 9.87. The van der Waals surface area contributed by atoms with E-state index in [9.17, 15) is 8.42 Å². The molecule has 0 fully saturated rings. The van der Waals surface area contributed by atoms with Crippen LogP contribution in [0.1, 0.15) is 16.8 Å². The van der Waals surface area contributed by atoms with E-state index in [2.05, 4.69) is 34.8 Å². The summed E-state index contributed by atoms with van der Waals surface area (Å²) in [5.41, 5.74) is 4.49. The number of sulfonamides is 1. The molecule has 2 aromatic heterocycles. The van der Waals surface area contributed by atoms with Crippen LogP contribution in [0.4, 0.5) is 0 Å². The number of aromatic nitrogens is 1. The van der Waals surface area contributed by atoms with Gasteiger partial charge in [-0.05, 0) is 50.1 Å². The fraction of sp³-hybridized carbons (Fsp3) is 0.250. The normalized spacial score (nSPS) is 12.1. The van der Waals surface area contributed by atoms with Gasteiger partial charge in [0.05, 0.1) is 4.34 Å². The van der Waals surface area contributed by atoms with Crippen molar-refractivity contribution in [1.82, 2.24) is 9.71 Å². The zero-order valence-electron chi connectivity index (χ0n) is 12.8. The second-order valence-electron chi connectivity index (χ2n) is 5.48. The molecule has 0 atom stereocenters. The standard InChI is InChI=1S/C16H17ClN2O2S2/c1-10-3-4-14-13(9-10)12(11(2)19-14)7-8-18-23(20,21)16-6-5-15(17)22-16/h3-6,9,18-19H,7-8H2,1-2H3. The Hall–Kier alpha value is -1.34. The maximum absolute atomic E-state index is 12.2. The summed E-state index contributed by atoms with van der Waals surface area (Å²) in [7, 11) is -3.49. The van der Waals surface area contributed by atoms with Gasteiger partial charge in [-0.3, -0.25) is 0 Å². The lowest BCUT2D eigenvalue weighted by atomic mass is 10.1. The summed E-state index contributed by atoms with van der Waals surface area (Å²) < 4.78 is 27.8. The highest BCUT2D eigenvalue weighted by Crippen LogP contribution is 2.26. The maximum atomic E-state index is 12.2. The van der Waals surface area contributed by atoms with Gasteiger partial charge in [-0.15, -0.1) is 11.3 Å². The minimum atomic E-state index is -3.49. The topological polar surface area (TPSA) is 62.0 Å². The second-order valence-corrected chi connectivity index (χ2v) is 9.19. The zero-order chi connectivity index (χ0) is 16.6. The van der Waals surface area contributed by atoms with Crippen molar-refractivity contribution in [2.24, 2.45) is 0 Å². The van der Waals surface area contributed by atoms with Gasteiger partial charge in [0.2, 0.25) is 10.0 Å². The highest BCUT2D eigenvalue weighted by atomic mass is 35.5. The lowest BCUT2D eigenvalue weighted by molar-refractivity contribution is 0.584. The smallest absolute Gasteiger partial charge is 0.250 e. The number of hydrogen-bond donors (Lipinski definition) is 2. The predicted molar refractivity (Wildman–Crippen MR) is 96.0 cm³/mol. The Labute approximate surface area is 144 Å². The highest BCUT2D eigenvalue weighted by Gasteiger charge is 2.16. The van der Waals surface area contributed by atoms with E-state index in [-0.39, 0.29) is 4.21 Å². The van der Waals surface area contributed by atoms with E-state index in [1.165, 1.54) is 11.6 Å². The molecule has 23 heavy (non-hydrogen) atoms. The van der Waals surface area contributed by atoms with Gasteiger partial charge < -0.3 is 4.98 Å². The quantitative estimate of drug-likeness (QED) is 0.714. The molecular weight excluding hydrogens is 352 g/mol. The molecule has 0 unspecified atom stereocenters. The van der Waals surface area contributed by atoms with Crippen molar-refractivity contribution < 1.29 is 8.42 Å². The molecule has 0 aliphatic rings. The fourth-order valence-corrected chi connectivity index (χ4v) is 5.20. The fourth-order valence-electron chi connectivity index (χ4n) is 2.64. The lowest BCUT2D eigenvalue weighted by Crippen LogP contribution is -2.25. The number of rotatable bonds is 5. The summed E-state index contributed by atoms with van der Waals surface area (Å²) in [6.07, 6.45) is 0.633. The van der Waals surface area contributed by atoms with Crippen LogP contribution in [0.2, 0.25) is 4.34 Å². The Morgan fingerprint density at radius 3 is 2.70 bits per heavy atom. The summed E-state index contributed by atoms with van der Waals surface area (Å²) in [5, 5.41) is 1.15. The van der Waals surface area contributed by atoms with Gasteiger partial charge in [0.25, 0.3) is 0 Å². The molecule has 0 aliphatic carbocycles. The largest absolute Gasteiger partial charge is 0.358 e. The Kier molecular flexibility index (Phi) is 4.51. The average molecular weight is 369 g/mol. The van der Waals surface area contributed by atoms with E-state index in [0.29, 0.717) is 17.3 Å². The molecule has 7 heteroatoms. The minimum absolute atomic E-state index is 0.244. The molecule has 0 saturated heterocycles. The van der Waals surface area contributed by atoms with Crippen molar-refractivity contribution in [2.45, 2.75) is 24.5 Å². The van der Waals surface area contributed by atoms with Gasteiger partial charge in [-0.1, -0.05) is 23.2 Å². The number of benzene rings is 1. The number of thiophene rings is 1. The molecule has 0 aliphatic heterocycles. The lowest BCUT2D eigenvalue weighted by Gasteiger charge is -2.05. The summed E-state index contributed by atoms with van der Waals surface area (Å²) in [6.45, 7) is 4.41. The third-order valence-corrected chi connectivity index (χ3v) is 6.94. The molecule has 0 spiro atoms. The number of nitrogens with one attached hydrogen (secondary N) is 2. The molecule has 0 bridgehead atoms. The predicted octanol–water partition coefficient (Wildman–Crippen LogP) is 4.02. The Balaban J connectivity index is 1.76. The second kappa shape index (κ2) is 6.28. The van der Waals surface area contributed by atoms with Crippen LogP contribution >= 0.6 is 22.9 Å². The first-order valence-electron chi connectivity index (χ1n) is 7.19. The van der Waals surface area contributed by atoms with E-state index >= 15 is 0 Å². The van der Waals surface area contributed by atoms with Crippen molar-refractivity contribution in [3.05, 3.63) is 51.5 Å². The third kappa shape index (κ3) is 3.45. The summed E-state index contributed by atoms with van der Waals surface area (Å²) in [5.74, 6) is 0. The summed E-state index contributed by atoms with van der Waals surface area (Å²) >= 11 is 6.86. The number of fused-ring (bicyclic) bond motifs is 1. The van der Waals surface area contributed by atoms with Crippen LogP contribution in [-0.2, 0) is 16.4 Å². The Morgan fingerprint density at radius 1 is 1.22 bits per heavy atom. The maximum Gasteiger partial charge on any atom is 0.250 e.